The number of likely N-dealkylation sites (tertiary alicyclic amines) is 1. The second kappa shape index (κ2) is 6.82. The fourth-order valence-corrected chi connectivity index (χ4v) is 3.72. The van der Waals surface area contributed by atoms with Crippen LogP contribution in [-0.4, -0.2) is 31.6 Å². The fourth-order valence-electron chi connectivity index (χ4n) is 3.13. The second-order valence-electron chi connectivity index (χ2n) is 5.25. The van der Waals surface area contributed by atoms with Crippen LogP contribution >= 0.6 is 15.9 Å². The van der Waals surface area contributed by atoms with Crippen molar-refractivity contribution in [2.24, 2.45) is 5.92 Å². The van der Waals surface area contributed by atoms with Crippen molar-refractivity contribution in [3.05, 3.63) is 34.1 Å². The minimum absolute atomic E-state index is 0.180. The lowest BCUT2D eigenvalue weighted by molar-refractivity contribution is 0.226. The highest BCUT2D eigenvalue weighted by Crippen LogP contribution is 2.40. The van der Waals surface area contributed by atoms with Crippen LogP contribution in [-0.2, 0) is 0 Å². The zero-order valence-corrected chi connectivity index (χ0v) is 13.2. The van der Waals surface area contributed by atoms with Crippen LogP contribution in [0, 0.1) is 11.7 Å². The molecule has 19 heavy (non-hydrogen) atoms. The smallest absolute Gasteiger partial charge is 0.124 e. The van der Waals surface area contributed by atoms with E-state index in [1.807, 2.05) is 13.1 Å². The molecule has 1 aromatic carbocycles. The van der Waals surface area contributed by atoms with Crippen LogP contribution in [0.4, 0.5) is 4.39 Å². The Morgan fingerprint density at radius 2 is 2.26 bits per heavy atom. The molecule has 2 nitrogen and oxygen atoms in total. The molecule has 0 bridgehead atoms. The molecule has 1 heterocycles. The van der Waals surface area contributed by atoms with Crippen molar-refractivity contribution in [2.45, 2.75) is 25.8 Å². The molecule has 0 aromatic heterocycles. The van der Waals surface area contributed by atoms with Crippen LogP contribution in [0.5, 0.6) is 0 Å². The third-order valence-corrected chi connectivity index (χ3v) is 4.57. The van der Waals surface area contributed by atoms with Gasteiger partial charge in [-0.25, -0.2) is 4.39 Å². The third-order valence-electron chi connectivity index (χ3n) is 3.89. The van der Waals surface area contributed by atoms with Gasteiger partial charge in [-0.1, -0.05) is 28.9 Å². The largest absolute Gasteiger partial charge is 0.319 e. The Labute approximate surface area is 123 Å². The summed E-state index contributed by atoms with van der Waals surface area (Å²) < 4.78 is 14.2. The van der Waals surface area contributed by atoms with Gasteiger partial charge in [0.05, 0.1) is 0 Å². The van der Waals surface area contributed by atoms with Gasteiger partial charge >= 0.3 is 0 Å². The molecule has 106 valence electrons. The van der Waals surface area contributed by atoms with Crippen LogP contribution in [0.15, 0.2) is 22.7 Å². The molecule has 0 aliphatic carbocycles. The van der Waals surface area contributed by atoms with E-state index in [-0.39, 0.29) is 5.82 Å². The van der Waals surface area contributed by atoms with Gasteiger partial charge < -0.3 is 5.32 Å². The Hall–Kier alpha value is -0.450. The van der Waals surface area contributed by atoms with Crippen LogP contribution in [0.3, 0.4) is 0 Å². The lowest BCUT2D eigenvalue weighted by atomic mass is 9.93. The highest BCUT2D eigenvalue weighted by Gasteiger charge is 2.35. The molecule has 1 saturated heterocycles. The first-order valence-electron chi connectivity index (χ1n) is 7.01. The Bertz CT molecular complexity index is 411. The molecule has 1 aliphatic heterocycles. The van der Waals surface area contributed by atoms with E-state index >= 15 is 0 Å². The van der Waals surface area contributed by atoms with Crippen LogP contribution in [0.25, 0.3) is 0 Å². The Morgan fingerprint density at radius 3 is 2.89 bits per heavy atom. The van der Waals surface area contributed by atoms with Crippen molar-refractivity contribution in [1.29, 1.82) is 0 Å². The average molecular weight is 329 g/mol. The molecule has 4 heteroatoms. The van der Waals surface area contributed by atoms with E-state index in [9.17, 15) is 4.39 Å². The van der Waals surface area contributed by atoms with Gasteiger partial charge in [-0.05, 0) is 63.1 Å². The first-order chi connectivity index (χ1) is 9.17. The maximum Gasteiger partial charge on any atom is 0.124 e. The predicted octanol–water partition coefficient (Wildman–Crippen LogP) is 3.58. The molecule has 2 unspecified atom stereocenters. The van der Waals surface area contributed by atoms with E-state index in [2.05, 4.69) is 33.1 Å². The molecule has 1 fully saturated rings. The van der Waals surface area contributed by atoms with Crippen LogP contribution < -0.4 is 5.32 Å². The van der Waals surface area contributed by atoms with E-state index < -0.39 is 0 Å². The maximum absolute atomic E-state index is 13.3. The molecular weight excluding hydrogens is 307 g/mol. The van der Waals surface area contributed by atoms with Crippen LogP contribution in [0.1, 0.15) is 31.4 Å². The molecule has 0 saturated carbocycles. The molecule has 0 amide bonds. The Kier molecular flexibility index (Phi) is 5.37. The first-order valence-corrected chi connectivity index (χ1v) is 7.80. The maximum atomic E-state index is 13.3. The van der Waals surface area contributed by atoms with Crippen molar-refractivity contribution in [3.63, 3.8) is 0 Å². The standard InChI is InChI=1S/C15H22BrFN2/c1-3-7-19-8-6-11(10-18-2)15(19)13-5-4-12(17)9-14(13)16/h4-5,9,11,15,18H,3,6-8,10H2,1-2H3. The van der Waals surface area contributed by atoms with Gasteiger partial charge in [-0.3, -0.25) is 4.90 Å². The summed E-state index contributed by atoms with van der Waals surface area (Å²) in [6.45, 7) is 5.46. The second-order valence-corrected chi connectivity index (χ2v) is 6.11. The first kappa shape index (κ1) is 14.9. The number of nitrogens with zero attached hydrogens (tertiary/aromatic N) is 1. The lowest BCUT2D eigenvalue weighted by Crippen LogP contribution is -2.30. The van der Waals surface area contributed by atoms with E-state index in [0.717, 1.165) is 30.5 Å². The Balaban J connectivity index is 2.29. The Morgan fingerprint density at radius 1 is 1.47 bits per heavy atom. The normalized spacial score (nSPS) is 24.0. The van der Waals surface area contributed by atoms with Gasteiger partial charge in [0.15, 0.2) is 0 Å². The SMILES string of the molecule is CCCN1CCC(CNC)C1c1ccc(F)cc1Br. The van der Waals surface area contributed by atoms with Crippen molar-refractivity contribution >= 4 is 15.9 Å². The van der Waals surface area contributed by atoms with Gasteiger partial charge in [-0.2, -0.15) is 0 Å². The van der Waals surface area contributed by atoms with Crippen molar-refractivity contribution in [2.75, 3.05) is 26.7 Å². The van der Waals surface area contributed by atoms with Gasteiger partial charge in [0.1, 0.15) is 5.82 Å². The zero-order valence-electron chi connectivity index (χ0n) is 11.6. The summed E-state index contributed by atoms with van der Waals surface area (Å²) in [4.78, 5) is 2.53. The number of nitrogens with one attached hydrogen (secondary N) is 1. The van der Waals surface area contributed by atoms with Crippen molar-refractivity contribution in [3.8, 4) is 0 Å². The summed E-state index contributed by atoms with van der Waals surface area (Å²) in [5.74, 6) is 0.416. The molecule has 2 atom stereocenters. The predicted molar refractivity (Wildman–Crippen MR) is 80.7 cm³/mol. The van der Waals surface area contributed by atoms with E-state index in [4.69, 9.17) is 0 Å². The highest BCUT2D eigenvalue weighted by atomic mass is 79.9. The van der Waals surface area contributed by atoms with Gasteiger partial charge in [-0.15, -0.1) is 0 Å². The van der Waals surface area contributed by atoms with Gasteiger partial charge in [0, 0.05) is 10.5 Å². The number of hydrogen-bond acceptors (Lipinski definition) is 2. The van der Waals surface area contributed by atoms with Gasteiger partial charge in [0.2, 0.25) is 0 Å². The number of halogens is 2. The van der Waals surface area contributed by atoms with Gasteiger partial charge in [0.25, 0.3) is 0 Å². The highest BCUT2D eigenvalue weighted by molar-refractivity contribution is 9.10. The van der Waals surface area contributed by atoms with Crippen molar-refractivity contribution in [1.82, 2.24) is 10.2 Å². The molecule has 0 radical (unpaired) electrons. The summed E-state index contributed by atoms with van der Waals surface area (Å²) in [6.07, 6.45) is 2.36. The molecule has 0 spiro atoms. The summed E-state index contributed by atoms with van der Waals surface area (Å²) in [6, 6.07) is 5.47. The molecule has 1 aliphatic rings. The molecule has 1 aromatic rings. The summed E-state index contributed by atoms with van der Waals surface area (Å²) in [5, 5.41) is 3.29. The van der Waals surface area contributed by atoms with Crippen molar-refractivity contribution < 1.29 is 4.39 Å². The third kappa shape index (κ3) is 3.36. The molecule has 2 rings (SSSR count). The fraction of sp³-hybridized carbons (Fsp3) is 0.600. The summed E-state index contributed by atoms with van der Waals surface area (Å²) >= 11 is 3.53. The number of rotatable bonds is 5. The molecule has 1 N–H and O–H groups in total. The van der Waals surface area contributed by atoms with Crippen LogP contribution in [0.2, 0.25) is 0 Å². The van der Waals surface area contributed by atoms with E-state index in [1.54, 1.807) is 12.1 Å². The number of hydrogen-bond donors (Lipinski definition) is 1. The molecular formula is C15H22BrFN2. The number of benzene rings is 1. The van der Waals surface area contributed by atoms with E-state index in [0.29, 0.717) is 12.0 Å². The average Bonchev–Trinajstić information content (AvgIpc) is 2.74. The summed E-state index contributed by atoms with van der Waals surface area (Å²) in [7, 11) is 2.00. The zero-order chi connectivity index (χ0) is 13.8. The van der Waals surface area contributed by atoms with E-state index in [1.165, 1.54) is 12.0 Å². The minimum Gasteiger partial charge on any atom is -0.319 e. The topological polar surface area (TPSA) is 15.3 Å². The monoisotopic (exact) mass is 328 g/mol. The summed E-state index contributed by atoms with van der Waals surface area (Å²) in [5.41, 5.74) is 1.22. The minimum atomic E-state index is -0.180. The quantitative estimate of drug-likeness (QED) is 0.888. The lowest BCUT2D eigenvalue weighted by Gasteiger charge is -2.29.